The van der Waals surface area contributed by atoms with Gasteiger partial charge in [0.25, 0.3) is 0 Å². The van der Waals surface area contributed by atoms with Crippen molar-refractivity contribution in [2.45, 2.75) is 19.1 Å². The lowest BCUT2D eigenvalue weighted by Crippen LogP contribution is -2.13. The first-order chi connectivity index (χ1) is 5.29. The van der Waals surface area contributed by atoms with E-state index >= 15 is 0 Å². The van der Waals surface area contributed by atoms with E-state index in [1.54, 1.807) is 12.3 Å². The molecule has 2 unspecified atom stereocenters. The number of fused-ring (bicyclic) bond motifs is 1. The van der Waals surface area contributed by atoms with Gasteiger partial charge in [0.2, 0.25) is 0 Å². The van der Waals surface area contributed by atoms with Crippen LogP contribution in [0, 0.1) is 0 Å². The Morgan fingerprint density at radius 1 is 1.64 bits per heavy atom. The highest BCUT2D eigenvalue weighted by molar-refractivity contribution is 5.33. The Bertz CT molecular complexity index is 275. The van der Waals surface area contributed by atoms with E-state index in [1.165, 1.54) is 0 Å². The number of aromatic nitrogens is 1. The number of pyridine rings is 1. The van der Waals surface area contributed by atoms with Crippen molar-refractivity contribution >= 4 is 0 Å². The monoisotopic (exact) mass is 151 g/mol. The van der Waals surface area contributed by atoms with Crippen molar-refractivity contribution in [3.8, 4) is 5.75 Å². The standard InChI is InChI=1S/C8H9NO2/c1-5-8(10)7-6(11-5)3-2-4-9-7/h2-5,8,10H,1H3. The molecule has 2 heterocycles. The van der Waals surface area contributed by atoms with Gasteiger partial charge in [0.15, 0.2) is 0 Å². The first-order valence-corrected chi connectivity index (χ1v) is 3.58. The van der Waals surface area contributed by atoms with E-state index in [0.717, 1.165) is 0 Å². The first-order valence-electron chi connectivity index (χ1n) is 3.58. The molecule has 3 heteroatoms. The molecule has 58 valence electrons. The Balaban J connectivity index is 2.47. The quantitative estimate of drug-likeness (QED) is 0.599. The van der Waals surface area contributed by atoms with Gasteiger partial charge in [0.05, 0.1) is 0 Å². The van der Waals surface area contributed by atoms with Crippen LogP contribution in [0.5, 0.6) is 5.75 Å². The van der Waals surface area contributed by atoms with Crippen LogP contribution >= 0.6 is 0 Å². The average Bonchev–Trinajstić information content (AvgIpc) is 2.30. The smallest absolute Gasteiger partial charge is 0.144 e. The summed E-state index contributed by atoms with van der Waals surface area (Å²) in [6, 6.07) is 3.61. The number of aliphatic hydroxyl groups excluding tert-OH is 1. The molecule has 0 amide bonds. The van der Waals surface area contributed by atoms with Gasteiger partial charge in [0, 0.05) is 6.20 Å². The summed E-state index contributed by atoms with van der Waals surface area (Å²) in [5.74, 6) is 0.701. The summed E-state index contributed by atoms with van der Waals surface area (Å²) in [7, 11) is 0. The lowest BCUT2D eigenvalue weighted by molar-refractivity contribution is 0.0779. The predicted molar refractivity (Wildman–Crippen MR) is 39.3 cm³/mol. The van der Waals surface area contributed by atoms with E-state index in [-0.39, 0.29) is 6.10 Å². The molecule has 3 nitrogen and oxygen atoms in total. The molecule has 0 fully saturated rings. The third-order valence-electron chi connectivity index (χ3n) is 1.84. The third kappa shape index (κ3) is 0.886. The molecule has 0 spiro atoms. The van der Waals surface area contributed by atoms with Crippen LogP contribution in [-0.2, 0) is 0 Å². The van der Waals surface area contributed by atoms with E-state index in [0.29, 0.717) is 11.4 Å². The van der Waals surface area contributed by atoms with Gasteiger partial charge >= 0.3 is 0 Å². The molecule has 1 aromatic rings. The molecule has 2 atom stereocenters. The Labute approximate surface area is 64.6 Å². The highest BCUT2D eigenvalue weighted by Crippen LogP contribution is 2.33. The second kappa shape index (κ2) is 2.20. The fourth-order valence-electron chi connectivity index (χ4n) is 1.21. The van der Waals surface area contributed by atoms with Gasteiger partial charge in [-0.3, -0.25) is 4.98 Å². The minimum absolute atomic E-state index is 0.167. The zero-order chi connectivity index (χ0) is 7.84. The second-order valence-electron chi connectivity index (χ2n) is 2.65. The molecule has 0 saturated heterocycles. The molecular formula is C8H9NO2. The average molecular weight is 151 g/mol. The molecule has 1 N–H and O–H groups in total. The second-order valence-corrected chi connectivity index (χ2v) is 2.65. The maximum absolute atomic E-state index is 9.46. The Morgan fingerprint density at radius 2 is 2.45 bits per heavy atom. The van der Waals surface area contributed by atoms with Gasteiger partial charge in [-0.15, -0.1) is 0 Å². The fraction of sp³-hybridized carbons (Fsp3) is 0.375. The maximum Gasteiger partial charge on any atom is 0.144 e. The number of aliphatic hydroxyl groups is 1. The number of hydrogen-bond donors (Lipinski definition) is 1. The van der Waals surface area contributed by atoms with Gasteiger partial charge in [-0.25, -0.2) is 0 Å². The minimum atomic E-state index is -0.564. The fourth-order valence-corrected chi connectivity index (χ4v) is 1.21. The van der Waals surface area contributed by atoms with E-state index in [2.05, 4.69) is 4.98 Å². The molecular weight excluding hydrogens is 142 g/mol. The molecule has 1 aliphatic heterocycles. The lowest BCUT2D eigenvalue weighted by atomic mass is 10.2. The Morgan fingerprint density at radius 3 is 3.18 bits per heavy atom. The highest BCUT2D eigenvalue weighted by atomic mass is 16.5. The van der Waals surface area contributed by atoms with Gasteiger partial charge in [0.1, 0.15) is 23.7 Å². The van der Waals surface area contributed by atoms with Crippen molar-refractivity contribution in [2.24, 2.45) is 0 Å². The number of rotatable bonds is 0. The molecule has 1 aliphatic rings. The van der Waals surface area contributed by atoms with Crippen LogP contribution in [-0.4, -0.2) is 16.2 Å². The topological polar surface area (TPSA) is 42.4 Å². The highest BCUT2D eigenvalue weighted by Gasteiger charge is 2.29. The molecule has 0 radical (unpaired) electrons. The first kappa shape index (κ1) is 6.61. The molecule has 0 aromatic carbocycles. The van der Waals surface area contributed by atoms with E-state index in [4.69, 9.17) is 4.74 Å². The van der Waals surface area contributed by atoms with E-state index in [1.807, 2.05) is 13.0 Å². The zero-order valence-corrected chi connectivity index (χ0v) is 6.19. The summed E-state index contributed by atoms with van der Waals surface area (Å²) >= 11 is 0. The van der Waals surface area contributed by atoms with Crippen LogP contribution in [0.25, 0.3) is 0 Å². The molecule has 1 aromatic heterocycles. The van der Waals surface area contributed by atoms with Crippen molar-refractivity contribution in [1.29, 1.82) is 0 Å². The predicted octanol–water partition coefficient (Wildman–Crippen LogP) is 0.896. The molecule has 0 saturated carbocycles. The summed E-state index contributed by atoms with van der Waals surface area (Å²) in [6.07, 6.45) is 0.926. The van der Waals surface area contributed by atoms with Crippen molar-refractivity contribution in [3.05, 3.63) is 24.0 Å². The summed E-state index contributed by atoms with van der Waals surface area (Å²) in [5.41, 5.74) is 0.653. The van der Waals surface area contributed by atoms with Crippen molar-refractivity contribution in [1.82, 2.24) is 4.98 Å². The van der Waals surface area contributed by atoms with Gasteiger partial charge in [-0.05, 0) is 19.1 Å². The molecule has 2 rings (SSSR count). The Kier molecular flexibility index (Phi) is 1.32. The third-order valence-corrected chi connectivity index (χ3v) is 1.84. The zero-order valence-electron chi connectivity index (χ0n) is 6.19. The van der Waals surface area contributed by atoms with E-state index < -0.39 is 6.10 Å². The summed E-state index contributed by atoms with van der Waals surface area (Å²) < 4.78 is 5.31. The van der Waals surface area contributed by atoms with Crippen molar-refractivity contribution < 1.29 is 9.84 Å². The van der Waals surface area contributed by atoms with Crippen LogP contribution in [0.3, 0.4) is 0 Å². The normalized spacial score (nSPS) is 27.8. The van der Waals surface area contributed by atoms with Crippen molar-refractivity contribution in [3.63, 3.8) is 0 Å². The molecule has 0 aliphatic carbocycles. The number of ether oxygens (including phenoxy) is 1. The van der Waals surface area contributed by atoms with Crippen LogP contribution < -0.4 is 4.74 Å². The maximum atomic E-state index is 9.46. The van der Waals surface area contributed by atoms with Crippen LogP contribution in [0.2, 0.25) is 0 Å². The van der Waals surface area contributed by atoms with Gasteiger partial charge < -0.3 is 9.84 Å². The minimum Gasteiger partial charge on any atom is -0.486 e. The summed E-state index contributed by atoms with van der Waals surface area (Å²) in [6.45, 7) is 1.83. The number of nitrogens with zero attached hydrogens (tertiary/aromatic N) is 1. The Hall–Kier alpha value is -1.09. The summed E-state index contributed by atoms with van der Waals surface area (Å²) in [4.78, 5) is 4.02. The summed E-state index contributed by atoms with van der Waals surface area (Å²) in [5, 5.41) is 9.46. The SMILES string of the molecule is CC1Oc2cccnc2C1O. The van der Waals surface area contributed by atoms with Crippen LogP contribution in [0.4, 0.5) is 0 Å². The van der Waals surface area contributed by atoms with Gasteiger partial charge in [-0.2, -0.15) is 0 Å². The molecule has 0 bridgehead atoms. The lowest BCUT2D eigenvalue weighted by Gasteiger charge is -2.05. The van der Waals surface area contributed by atoms with E-state index in [9.17, 15) is 5.11 Å². The largest absolute Gasteiger partial charge is 0.486 e. The van der Waals surface area contributed by atoms with Gasteiger partial charge in [-0.1, -0.05) is 0 Å². The van der Waals surface area contributed by atoms with Crippen molar-refractivity contribution in [2.75, 3.05) is 0 Å². The number of hydrogen-bond acceptors (Lipinski definition) is 3. The molecule has 11 heavy (non-hydrogen) atoms. The van der Waals surface area contributed by atoms with Crippen LogP contribution in [0.15, 0.2) is 18.3 Å². The van der Waals surface area contributed by atoms with Crippen LogP contribution in [0.1, 0.15) is 18.7 Å².